The molecule has 0 saturated heterocycles. The topological polar surface area (TPSA) is 94.0 Å². The van der Waals surface area contributed by atoms with Gasteiger partial charge in [0.05, 0.1) is 11.2 Å². The molecule has 0 spiro atoms. The number of nitrogens with one attached hydrogen (secondary N) is 1. The second-order valence-corrected chi connectivity index (χ2v) is 8.61. The summed E-state index contributed by atoms with van der Waals surface area (Å²) in [6.45, 7) is 2.99. The first-order valence-corrected chi connectivity index (χ1v) is 10.5. The first-order chi connectivity index (χ1) is 14.7. The van der Waals surface area contributed by atoms with Crippen LogP contribution in [0.25, 0.3) is 22.0 Å². The minimum absolute atomic E-state index is 0.263. The van der Waals surface area contributed by atoms with Crippen molar-refractivity contribution in [3.05, 3.63) is 72.3 Å². The molecule has 0 saturated carbocycles. The molecule has 4 rings (SSSR count). The van der Waals surface area contributed by atoms with Crippen LogP contribution in [-0.4, -0.2) is 28.3 Å². The highest BCUT2D eigenvalue weighted by Gasteiger charge is 2.25. The Labute approximate surface area is 176 Å². The van der Waals surface area contributed by atoms with E-state index in [2.05, 4.69) is 15.3 Å². The van der Waals surface area contributed by atoms with E-state index in [0.717, 1.165) is 16.1 Å². The summed E-state index contributed by atoms with van der Waals surface area (Å²) >= 11 is 0. The lowest BCUT2D eigenvalue weighted by Crippen LogP contribution is -2.14. The van der Waals surface area contributed by atoms with Gasteiger partial charge < -0.3 is 5.32 Å². The standard InChI is InChI=1S/C21H16F2N4O3S/c1-12-21-16(17(11-25-12)14-5-7-24-20(9-14)26-13(2)28)6-8-27(21)31(29,30)19-4-3-15(22)10-18(19)23/h3-11H,1-2H3,(H,24,26,28). The van der Waals surface area contributed by atoms with Crippen LogP contribution in [0, 0.1) is 18.6 Å². The van der Waals surface area contributed by atoms with Gasteiger partial charge in [0.1, 0.15) is 22.3 Å². The highest BCUT2D eigenvalue weighted by molar-refractivity contribution is 7.90. The Hall–Kier alpha value is -3.66. The van der Waals surface area contributed by atoms with E-state index < -0.39 is 26.6 Å². The van der Waals surface area contributed by atoms with Gasteiger partial charge in [-0.1, -0.05) is 0 Å². The van der Waals surface area contributed by atoms with Crippen molar-refractivity contribution in [1.29, 1.82) is 0 Å². The number of aryl methyl sites for hydroxylation is 1. The highest BCUT2D eigenvalue weighted by Crippen LogP contribution is 2.33. The average molecular weight is 442 g/mol. The number of aromatic nitrogens is 3. The summed E-state index contributed by atoms with van der Waals surface area (Å²) in [6.07, 6.45) is 4.39. The SMILES string of the molecule is CC(=O)Nc1cc(-c2cnc(C)c3c2ccn3S(=O)(=O)c2ccc(F)cc2F)ccn1. The number of nitrogens with zero attached hydrogens (tertiary/aromatic N) is 3. The number of hydrogen-bond acceptors (Lipinski definition) is 5. The van der Waals surface area contributed by atoms with Crippen molar-refractivity contribution in [2.24, 2.45) is 0 Å². The van der Waals surface area contributed by atoms with Gasteiger partial charge in [-0.3, -0.25) is 9.78 Å². The lowest BCUT2D eigenvalue weighted by atomic mass is 10.0. The maximum Gasteiger partial charge on any atom is 0.271 e. The van der Waals surface area contributed by atoms with Gasteiger partial charge in [-0.05, 0) is 42.8 Å². The maximum atomic E-state index is 14.2. The molecular formula is C21H16F2N4O3S. The van der Waals surface area contributed by atoms with Crippen molar-refractivity contribution in [3.63, 3.8) is 0 Å². The number of carbonyl (C=O) groups excluding carboxylic acids is 1. The number of anilines is 1. The predicted octanol–water partition coefficient (Wildman–Crippen LogP) is 3.88. The zero-order valence-corrected chi connectivity index (χ0v) is 17.2. The quantitative estimate of drug-likeness (QED) is 0.518. The monoisotopic (exact) mass is 442 g/mol. The van der Waals surface area contributed by atoms with E-state index in [9.17, 15) is 22.0 Å². The number of amides is 1. The van der Waals surface area contributed by atoms with E-state index in [0.29, 0.717) is 34.1 Å². The van der Waals surface area contributed by atoms with E-state index in [-0.39, 0.29) is 11.4 Å². The van der Waals surface area contributed by atoms with Gasteiger partial charge >= 0.3 is 0 Å². The van der Waals surface area contributed by atoms with E-state index in [1.807, 2.05) is 0 Å². The number of pyridine rings is 2. The summed E-state index contributed by atoms with van der Waals surface area (Å²) in [5.74, 6) is -2.01. The maximum absolute atomic E-state index is 14.2. The van der Waals surface area contributed by atoms with Crippen molar-refractivity contribution in [2.45, 2.75) is 18.7 Å². The van der Waals surface area contributed by atoms with Crippen molar-refractivity contribution in [1.82, 2.24) is 13.9 Å². The first-order valence-electron chi connectivity index (χ1n) is 9.10. The van der Waals surface area contributed by atoms with E-state index in [1.54, 1.807) is 31.3 Å². The van der Waals surface area contributed by atoms with E-state index in [1.165, 1.54) is 19.3 Å². The van der Waals surface area contributed by atoms with Crippen molar-refractivity contribution < 1.29 is 22.0 Å². The summed E-state index contributed by atoms with van der Waals surface area (Å²) in [4.78, 5) is 19.1. The van der Waals surface area contributed by atoms with Crippen molar-refractivity contribution >= 4 is 32.7 Å². The Balaban J connectivity index is 1.91. The van der Waals surface area contributed by atoms with Gasteiger partial charge in [0.25, 0.3) is 10.0 Å². The number of carbonyl (C=O) groups is 1. The van der Waals surface area contributed by atoms with Crippen LogP contribution in [0.4, 0.5) is 14.6 Å². The highest BCUT2D eigenvalue weighted by atomic mass is 32.2. The van der Waals surface area contributed by atoms with Crippen molar-refractivity contribution in [3.8, 4) is 11.1 Å². The number of hydrogen-bond donors (Lipinski definition) is 1. The molecule has 0 aliphatic rings. The van der Waals surface area contributed by atoms with Crippen LogP contribution < -0.4 is 5.32 Å². The van der Waals surface area contributed by atoms with Gasteiger partial charge in [-0.2, -0.15) is 0 Å². The second-order valence-electron chi connectivity index (χ2n) is 6.82. The van der Waals surface area contributed by atoms with E-state index >= 15 is 0 Å². The first kappa shape index (κ1) is 20.6. The van der Waals surface area contributed by atoms with Crippen LogP contribution in [0.2, 0.25) is 0 Å². The third kappa shape index (κ3) is 3.66. The van der Waals surface area contributed by atoms with E-state index in [4.69, 9.17) is 0 Å². The Morgan fingerprint density at radius 1 is 1.10 bits per heavy atom. The predicted molar refractivity (Wildman–Crippen MR) is 111 cm³/mol. The fourth-order valence-corrected chi connectivity index (χ4v) is 4.79. The zero-order chi connectivity index (χ0) is 22.3. The fraction of sp³-hybridized carbons (Fsp3) is 0.0952. The number of benzene rings is 1. The normalized spacial score (nSPS) is 11.6. The molecule has 1 amide bonds. The molecule has 10 heteroatoms. The summed E-state index contributed by atoms with van der Waals surface area (Å²) in [6, 6.07) is 7.22. The molecule has 1 N–H and O–H groups in total. The van der Waals surface area contributed by atoms with Gasteiger partial charge in [0.15, 0.2) is 0 Å². The Bertz CT molecular complexity index is 1450. The smallest absolute Gasteiger partial charge is 0.271 e. The summed E-state index contributed by atoms with van der Waals surface area (Å²) in [5, 5.41) is 3.15. The van der Waals surface area contributed by atoms with Crippen molar-refractivity contribution in [2.75, 3.05) is 5.32 Å². The van der Waals surface area contributed by atoms with Crippen LogP contribution >= 0.6 is 0 Å². The molecule has 0 aliphatic heterocycles. The lowest BCUT2D eigenvalue weighted by molar-refractivity contribution is -0.114. The molecule has 0 radical (unpaired) electrons. The molecule has 31 heavy (non-hydrogen) atoms. The van der Waals surface area contributed by atoms with Gasteiger partial charge in [-0.15, -0.1) is 0 Å². The molecule has 0 fully saturated rings. The molecule has 0 aliphatic carbocycles. The minimum Gasteiger partial charge on any atom is -0.311 e. The number of rotatable bonds is 4. The second kappa shape index (κ2) is 7.55. The molecule has 158 valence electrons. The van der Waals surface area contributed by atoms with Gasteiger partial charge in [0, 0.05) is 42.5 Å². The molecule has 0 unspecified atom stereocenters. The molecule has 0 bridgehead atoms. The molecule has 0 atom stereocenters. The van der Waals surface area contributed by atoms with Crippen LogP contribution in [0.5, 0.6) is 0 Å². The largest absolute Gasteiger partial charge is 0.311 e. The van der Waals surface area contributed by atoms with Crippen LogP contribution in [0.15, 0.2) is 59.9 Å². The van der Waals surface area contributed by atoms with Crippen LogP contribution in [-0.2, 0) is 14.8 Å². The molecular weight excluding hydrogens is 426 g/mol. The van der Waals surface area contributed by atoms with Crippen LogP contribution in [0.3, 0.4) is 0 Å². The minimum atomic E-state index is -4.35. The summed E-state index contributed by atoms with van der Waals surface area (Å²) in [5.41, 5.74) is 1.92. The lowest BCUT2D eigenvalue weighted by Gasteiger charge is -2.12. The zero-order valence-electron chi connectivity index (χ0n) is 16.4. The van der Waals surface area contributed by atoms with Gasteiger partial charge in [-0.25, -0.2) is 26.2 Å². The third-order valence-electron chi connectivity index (χ3n) is 4.68. The average Bonchev–Trinajstić information content (AvgIpc) is 3.14. The molecule has 1 aromatic carbocycles. The summed E-state index contributed by atoms with van der Waals surface area (Å²) < 4.78 is 54.7. The van der Waals surface area contributed by atoms with Crippen LogP contribution in [0.1, 0.15) is 12.6 Å². The Morgan fingerprint density at radius 2 is 1.87 bits per heavy atom. The fourth-order valence-electron chi connectivity index (χ4n) is 3.35. The number of fused-ring (bicyclic) bond motifs is 1. The van der Waals surface area contributed by atoms with Gasteiger partial charge in [0.2, 0.25) is 5.91 Å². The molecule has 3 aromatic heterocycles. The number of halogens is 2. The molecule has 4 aromatic rings. The molecule has 7 nitrogen and oxygen atoms in total. The third-order valence-corrected chi connectivity index (χ3v) is 6.39. The Kier molecular flexibility index (Phi) is 5.02. The molecule has 3 heterocycles. The Morgan fingerprint density at radius 3 is 2.58 bits per heavy atom. The summed E-state index contributed by atoms with van der Waals surface area (Å²) in [7, 11) is -4.35.